The van der Waals surface area contributed by atoms with Gasteiger partial charge in [-0.1, -0.05) is 24.3 Å². The van der Waals surface area contributed by atoms with Gasteiger partial charge in [-0.25, -0.2) is 9.18 Å². The molecule has 0 aromatic heterocycles. The molecule has 2 aromatic carbocycles. The number of hydrogen-bond acceptors (Lipinski definition) is 3. The summed E-state index contributed by atoms with van der Waals surface area (Å²) in [6.45, 7) is 0.944. The number of rotatable bonds is 8. The summed E-state index contributed by atoms with van der Waals surface area (Å²) in [5.74, 6) is -0.0269. The number of benzene rings is 2. The van der Waals surface area contributed by atoms with Crippen LogP contribution in [-0.2, 0) is 12.8 Å². The van der Waals surface area contributed by atoms with E-state index in [-0.39, 0.29) is 23.6 Å². The van der Waals surface area contributed by atoms with Crippen LogP contribution in [0.25, 0.3) is 0 Å². The van der Waals surface area contributed by atoms with E-state index in [9.17, 15) is 14.3 Å². The quantitative estimate of drug-likeness (QED) is 0.679. The third kappa shape index (κ3) is 6.72. The van der Waals surface area contributed by atoms with Crippen molar-refractivity contribution in [2.24, 2.45) is 0 Å². The summed E-state index contributed by atoms with van der Waals surface area (Å²) in [6, 6.07) is 13.3. The lowest BCUT2D eigenvalue weighted by molar-refractivity contribution is 0.232. The molecule has 2 amide bonds. The molecular weight excluding hydrogens is 333 g/mol. The fourth-order valence-corrected chi connectivity index (χ4v) is 2.63. The van der Waals surface area contributed by atoms with Crippen LogP contribution in [0.1, 0.15) is 11.1 Å². The van der Waals surface area contributed by atoms with Gasteiger partial charge < -0.3 is 20.6 Å². The second-order valence-corrected chi connectivity index (χ2v) is 6.50. The molecule has 0 bridgehead atoms. The van der Waals surface area contributed by atoms with E-state index in [0.29, 0.717) is 19.5 Å². The molecule has 0 spiro atoms. The predicted molar refractivity (Wildman–Crippen MR) is 101 cm³/mol. The van der Waals surface area contributed by atoms with Crippen LogP contribution < -0.4 is 10.6 Å². The molecular formula is C20H26FN3O2. The maximum atomic E-state index is 13.1. The maximum Gasteiger partial charge on any atom is 0.314 e. The first kappa shape index (κ1) is 19.7. The Morgan fingerprint density at radius 2 is 1.85 bits per heavy atom. The molecule has 0 saturated heterocycles. The van der Waals surface area contributed by atoms with Crippen LogP contribution in [0.2, 0.25) is 0 Å². The van der Waals surface area contributed by atoms with Crippen LogP contribution in [0.15, 0.2) is 48.5 Å². The minimum atomic E-state index is -0.269. The number of amides is 2. The van der Waals surface area contributed by atoms with E-state index in [2.05, 4.69) is 15.5 Å². The zero-order chi connectivity index (χ0) is 18.9. The Morgan fingerprint density at radius 1 is 1.12 bits per heavy atom. The first-order chi connectivity index (χ1) is 12.4. The van der Waals surface area contributed by atoms with E-state index in [1.165, 1.54) is 12.1 Å². The minimum absolute atomic E-state index is 0.133. The highest BCUT2D eigenvalue weighted by molar-refractivity contribution is 5.73. The molecule has 26 heavy (non-hydrogen) atoms. The standard InChI is InChI=1S/C20H26FN3O2/c1-24(2)18(13-16-6-8-19(25)9-7-16)14-23-20(26)22-11-10-15-4-3-5-17(21)12-15/h3-9,12,18,25H,10-11,13-14H2,1-2H3,(H2,22,23,26)/t18-/m0/s1. The Hall–Kier alpha value is -2.60. The van der Waals surface area contributed by atoms with Gasteiger partial charge in [0.25, 0.3) is 0 Å². The van der Waals surface area contributed by atoms with Crippen molar-refractivity contribution in [2.75, 3.05) is 27.2 Å². The van der Waals surface area contributed by atoms with Gasteiger partial charge in [-0.2, -0.15) is 0 Å². The molecule has 2 aromatic rings. The number of halogens is 1. The van der Waals surface area contributed by atoms with Gasteiger partial charge in [-0.05, 0) is 62.3 Å². The van der Waals surface area contributed by atoms with Crippen LogP contribution in [0.4, 0.5) is 9.18 Å². The molecule has 1 atom stereocenters. The lowest BCUT2D eigenvalue weighted by atomic mass is 10.1. The fraction of sp³-hybridized carbons (Fsp3) is 0.350. The van der Waals surface area contributed by atoms with E-state index < -0.39 is 0 Å². The number of carbonyl (C=O) groups is 1. The maximum absolute atomic E-state index is 13.1. The minimum Gasteiger partial charge on any atom is -0.508 e. The molecule has 0 fully saturated rings. The Bertz CT molecular complexity index is 704. The summed E-state index contributed by atoms with van der Waals surface area (Å²) in [5.41, 5.74) is 1.94. The monoisotopic (exact) mass is 359 g/mol. The molecule has 0 aliphatic carbocycles. The zero-order valence-corrected chi connectivity index (χ0v) is 15.2. The fourth-order valence-electron chi connectivity index (χ4n) is 2.63. The molecule has 0 saturated carbocycles. The van der Waals surface area contributed by atoms with Gasteiger partial charge in [0, 0.05) is 19.1 Å². The highest BCUT2D eigenvalue weighted by Gasteiger charge is 2.13. The normalized spacial score (nSPS) is 12.0. The second kappa shape index (κ2) is 9.77. The number of hydrogen-bond donors (Lipinski definition) is 3. The number of phenolic OH excluding ortho intramolecular Hbond substituents is 1. The number of carbonyl (C=O) groups excluding carboxylic acids is 1. The van der Waals surface area contributed by atoms with E-state index in [1.807, 2.05) is 32.3 Å². The Morgan fingerprint density at radius 3 is 2.50 bits per heavy atom. The SMILES string of the molecule is CN(C)[C@H](CNC(=O)NCCc1cccc(F)c1)Cc1ccc(O)cc1. The summed E-state index contributed by atoms with van der Waals surface area (Å²) < 4.78 is 13.1. The zero-order valence-electron chi connectivity index (χ0n) is 15.2. The van der Waals surface area contributed by atoms with Crippen molar-refractivity contribution in [3.05, 3.63) is 65.5 Å². The number of urea groups is 1. The number of likely N-dealkylation sites (N-methyl/N-ethyl adjacent to an activating group) is 1. The molecule has 0 unspecified atom stereocenters. The third-order valence-corrected chi connectivity index (χ3v) is 4.22. The lowest BCUT2D eigenvalue weighted by Crippen LogP contribution is -2.45. The average molecular weight is 359 g/mol. The third-order valence-electron chi connectivity index (χ3n) is 4.22. The molecule has 0 radical (unpaired) electrons. The number of aromatic hydroxyl groups is 1. The number of nitrogens with zero attached hydrogens (tertiary/aromatic N) is 1. The molecule has 140 valence electrons. The Labute approximate surface area is 153 Å². The molecule has 6 heteroatoms. The highest BCUT2D eigenvalue weighted by atomic mass is 19.1. The van der Waals surface area contributed by atoms with E-state index in [0.717, 1.165) is 17.5 Å². The van der Waals surface area contributed by atoms with Crippen molar-refractivity contribution in [2.45, 2.75) is 18.9 Å². The summed E-state index contributed by atoms with van der Waals surface area (Å²) in [6.07, 6.45) is 1.34. The van der Waals surface area contributed by atoms with Crippen molar-refractivity contribution >= 4 is 6.03 Å². The van der Waals surface area contributed by atoms with Crippen molar-refractivity contribution in [1.29, 1.82) is 0 Å². The van der Waals surface area contributed by atoms with Gasteiger partial charge in [-0.3, -0.25) is 0 Å². The van der Waals surface area contributed by atoms with E-state index in [4.69, 9.17) is 0 Å². The lowest BCUT2D eigenvalue weighted by Gasteiger charge is -2.25. The average Bonchev–Trinajstić information content (AvgIpc) is 2.60. The largest absolute Gasteiger partial charge is 0.508 e. The summed E-state index contributed by atoms with van der Waals surface area (Å²) >= 11 is 0. The summed E-state index contributed by atoms with van der Waals surface area (Å²) in [7, 11) is 3.93. The molecule has 0 heterocycles. The molecule has 2 rings (SSSR count). The van der Waals surface area contributed by atoms with Crippen LogP contribution in [0, 0.1) is 5.82 Å². The predicted octanol–water partition coefficient (Wildman–Crippen LogP) is 2.55. The van der Waals surface area contributed by atoms with Crippen molar-refractivity contribution in [3.63, 3.8) is 0 Å². The summed E-state index contributed by atoms with van der Waals surface area (Å²) in [5, 5.41) is 15.0. The first-order valence-electron chi connectivity index (χ1n) is 8.64. The Balaban J connectivity index is 1.75. The molecule has 3 N–H and O–H groups in total. The second-order valence-electron chi connectivity index (χ2n) is 6.50. The van der Waals surface area contributed by atoms with Gasteiger partial charge in [-0.15, -0.1) is 0 Å². The van der Waals surface area contributed by atoms with Crippen molar-refractivity contribution in [3.8, 4) is 5.75 Å². The van der Waals surface area contributed by atoms with E-state index >= 15 is 0 Å². The molecule has 5 nitrogen and oxygen atoms in total. The van der Waals surface area contributed by atoms with E-state index in [1.54, 1.807) is 18.2 Å². The number of phenols is 1. The highest BCUT2D eigenvalue weighted by Crippen LogP contribution is 2.12. The smallest absolute Gasteiger partial charge is 0.314 e. The first-order valence-corrected chi connectivity index (χ1v) is 8.64. The molecule has 0 aliphatic rings. The van der Waals surface area contributed by atoms with Gasteiger partial charge in [0.2, 0.25) is 0 Å². The molecule has 0 aliphatic heterocycles. The van der Waals surface area contributed by atoms with Crippen LogP contribution >= 0.6 is 0 Å². The van der Waals surface area contributed by atoms with Gasteiger partial charge in [0.1, 0.15) is 11.6 Å². The van der Waals surface area contributed by atoms with Crippen LogP contribution in [0.5, 0.6) is 5.75 Å². The van der Waals surface area contributed by atoms with Crippen LogP contribution in [0.3, 0.4) is 0 Å². The van der Waals surface area contributed by atoms with Gasteiger partial charge in [0.15, 0.2) is 0 Å². The Kier molecular flexibility index (Phi) is 7.41. The van der Waals surface area contributed by atoms with Crippen molar-refractivity contribution in [1.82, 2.24) is 15.5 Å². The topological polar surface area (TPSA) is 64.6 Å². The number of nitrogens with one attached hydrogen (secondary N) is 2. The summed E-state index contributed by atoms with van der Waals surface area (Å²) in [4.78, 5) is 14.0. The van der Waals surface area contributed by atoms with Gasteiger partial charge in [0.05, 0.1) is 0 Å². The van der Waals surface area contributed by atoms with Gasteiger partial charge >= 0.3 is 6.03 Å². The van der Waals surface area contributed by atoms with Crippen LogP contribution in [-0.4, -0.2) is 49.3 Å². The van der Waals surface area contributed by atoms with Crippen molar-refractivity contribution < 1.29 is 14.3 Å².